The van der Waals surface area contributed by atoms with Crippen molar-refractivity contribution in [2.75, 3.05) is 5.32 Å². The molecule has 6 nitrogen and oxygen atoms in total. The fourth-order valence-corrected chi connectivity index (χ4v) is 4.64. The minimum atomic E-state index is -0.364. The average molecular weight is 494 g/mol. The van der Waals surface area contributed by atoms with Crippen molar-refractivity contribution in [1.29, 1.82) is 0 Å². The van der Waals surface area contributed by atoms with Crippen LogP contribution in [0, 0.1) is 12.7 Å². The summed E-state index contributed by atoms with van der Waals surface area (Å²) in [5.74, 6) is -0.0851. The molecule has 0 spiro atoms. The summed E-state index contributed by atoms with van der Waals surface area (Å²) in [6.45, 7) is 1.91. The van der Waals surface area contributed by atoms with Gasteiger partial charge >= 0.3 is 0 Å². The van der Waals surface area contributed by atoms with Crippen molar-refractivity contribution in [3.05, 3.63) is 81.5 Å². The third-order valence-corrected chi connectivity index (χ3v) is 6.34. The highest BCUT2D eigenvalue weighted by atomic mass is 79.9. The highest BCUT2D eigenvalue weighted by molar-refractivity contribution is 9.10. The Hall–Kier alpha value is -3.26. The van der Waals surface area contributed by atoms with Gasteiger partial charge in [0.05, 0.1) is 5.69 Å². The molecule has 1 aliphatic rings. The van der Waals surface area contributed by atoms with Crippen LogP contribution in [0.5, 0.6) is 0 Å². The molecule has 0 aliphatic heterocycles. The highest BCUT2D eigenvalue weighted by Gasteiger charge is 2.29. The Bertz CT molecular complexity index is 1340. The summed E-state index contributed by atoms with van der Waals surface area (Å²) in [5.41, 5.74) is 5.10. The van der Waals surface area contributed by atoms with E-state index < -0.39 is 0 Å². The Balaban J connectivity index is 1.54. The number of carbonyl (C=O) groups excluding carboxylic acids is 1. The summed E-state index contributed by atoms with van der Waals surface area (Å²) < 4.78 is 18.7. The standard InChI is InChI=1S/C24H21BrFN5O/c1-14-21(15-10-12-16(25)13-11-15)23(30(2)28-14)27-24(32)22-17-6-5-9-19(17)31(29-22)20-8-4-3-7-18(20)26/h3-4,7-8,10-13H,5-6,9H2,1-2H3,(H,27,32). The van der Waals surface area contributed by atoms with Crippen LogP contribution in [0.1, 0.15) is 33.9 Å². The van der Waals surface area contributed by atoms with Crippen molar-refractivity contribution in [3.8, 4) is 16.8 Å². The van der Waals surface area contributed by atoms with Gasteiger partial charge in [0.2, 0.25) is 0 Å². The Labute approximate surface area is 193 Å². The first-order chi connectivity index (χ1) is 15.4. The molecule has 0 saturated carbocycles. The minimum absolute atomic E-state index is 0.320. The molecule has 0 bridgehead atoms. The molecule has 8 heteroatoms. The van der Waals surface area contributed by atoms with Crippen molar-refractivity contribution in [3.63, 3.8) is 0 Å². The van der Waals surface area contributed by atoms with Crippen LogP contribution in [0.25, 0.3) is 16.8 Å². The number of anilines is 1. The summed E-state index contributed by atoms with van der Waals surface area (Å²) in [6, 6.07) is 14.4. The fourth-order valence-electron chi connectivity index (χ4n) is 4.37. The number of carbonyl (C=O) groups is 1. The van der Waals surface area contributed by atoms with E-state index in [1.165, 1.54) is 6.07 Å². The number of hydrogen-bond acceptors (Lipinski definition) is 3. The Kier molecular flexibility index (Phi) is 5.17. The molecular weight excluding hydrogens is 473 g/mol. The summed E-state index contributed by atoms with van der Waals surface area (Å²) in [4.78, 5) is 13.4. The summed E-state index contributed by atoms with van der Waals surface area (Å²) in [5, 5.41) is 12.1. The van der Waals surface area contributed by atoms with Crippen LogP contribution in [0.2, 0.25) is 0 Å². The predicted octanol–water partition coefficient (Wildman–Crippen LogP) is 5.22. The van der Waals surface area contributed by atoms with E-state index in [0.29, 0.717) is 17.2 Å². The lowest BCUT2D eigenvalue weighted by molar-refractivity contribution is 0.102. The number of para-hydroxylation sites is 1. The second-order valence-electron chi connectivity index (χ2n) is 7.88. The van der Waals surface area contributed by atoms with E-state index in [2.05, 4.69) is 31.4 Å². The molecule has 0 radical (unpaired) electrons. The third-order valence-electron chi connectivity index (χ3n) is 5.81. The number of nitrogens with zero attached hydrogens (tertiary/aromatic N) is 4. The van der Waals surface area contributed by atoms with E-state index in [9.17, 15) is 9.18 Å². The Morgan fingerprint density at radius 1 is 1.09 bits per heavy atom. The second kappa shape index (κ2) is 8.02. The van der Waals surface area contributed by atoms with E-state index >= 15 is 0 Å². The predicted molar refractivity (Wildman–Crippen MR) is 125 cm³/mol. The summed E-state index contributed by atoms with van der Waals surface area (Å²) >= 11 is 3.46. The first-order valence-electron chi connectivity index (χ1n) is 10.4. The molecule has 32 heavy (non-hydrogen) atoms. The van der Waals surface area contributed by atoms with Crippen LogP contribution in [-0.2, 0) is 19.9 Å². The van der Waals surface area contributed by atoms with Gasteiger partial charge in [-0.05, 0) is 56.0 Å². The zero-order valence-corrected chi connectivity index (χ0v) is 19.3. The largest absolute Gasteiger partial charge is 0.305 e. The van der Waals surface area contributed by atoms with Crippen LogP contribution in [0.3, 0.4) is 0 Å². The quantitative estimate of drug-likeness (QED) is 0.423. The molecule has 2 aromatic heterocycles. The van der Waals surface area contributed by atoms with Gasteiger partial charge in [0.25, 0.3) is 5.91 Å². The van der Waals surface area contributed by atoms with E-state index in [1.54, 1.807) is 34.6 Å². The van der Waals surface area contributed by atoms with E-state index in [0.717, 1.165) is 51.8 Å². The van der Waals surface area contributed by atoms with Gasteiger partial charge in [-0.3, -0.25) is 9.48 Å². The normalized spacial score (nSPS) is 12.8. The van der Waals surface area contributed by atoms with E-state index in [4.69, 9.17) is 0 Å². The molecule has 0 atom stereocenters. The van der Waals surface area contributed by atoms with Crippen LogP contribution >= 0.6 is 15.9 Å². The number of aromatic nitrogens is 4. The lowest BCUT2D eigenvalue weighted by Gasteiger charge is -2.09. The van der Waals surface area contributed by atoms with Gasteiger partial charge in [0.1, 0.15) is 17.3 Å². The van der Waals surface area contributed by atoms with Crippen LogP contribution in [0.4, 0.5) is 10.2 Å². The zero-order chi connectivity index (χ0) is 22.4. The van der Waals surface area contributed by atoms with Gasteiger partial charge in [-0.2, -0.15) is 10.2 Å². The molecular formula is C24H21BrFN5O. The lowest BCUT2D eigenvalue weighted by Crippen LogP contribution is -2.17. The van der Waals surface area contributed by atoms with Gasteiger partial charge in [-0.15, -0.1) is 0 Å². The average Bonchev–Trinajstić information content (AvgIpc) is 3.44. The van der Waals surface area contributed by atoms with Crippen molar-refractivity contribution >= 4 is 27.7 Å². The lowest BCUT2D eigenvalue weighted by atomic mass is 10.1. The topological polar surface area (TPSA) is 64.7 Å². The number of amides is 1. The highest BCUT2D eigenvalue weighted by Crippen LogP contribution is 2.33. The van der Waals surface area contributed by atoms with Crippen LogP contribution in [-0.4, -0.2) is 25.5 Å². The number of benzene rings is 2. The summed E-state index contributed by atoms with van der Waals surface area (Å²) in [7, 11) is 1.80. The van der Waals surface area contributed by atoms with Gasteiger partial charge in [0.15, 0.2) is 5.69 Å². The summed E-state index contributed by atoms with van der Waals surface area (Å²) in [6.07, 6.45) is 2.42. The van der Waals surface area contributed by atoms with Gasteiger partial charge in [-0.25, -0.2) is 9.07 Å². The number of hydrogen-bond donors (Lipinski definition) is 1. The Morgan fingerprint density at radius 2 is 1.84 bits per heavy atom. The monoisotopic (exact) mass is 493 g/mol. The van der Waals surface area contributed by atoms with Crippen molar-refractivity contribution in [1.82, 2.24) is 19.6 Å². The first-order valence-corrected chi connectivity index (χ1v) is 11.2. The number of fused-ring (bicyclic) bond motifs is 1. The maximum absolute atomic E-state index is 14.4. The molecule has 1 N–H and O–H groups in total. The molecule has 162 valence electrons. The Morgan fingerprint density at radius 3 is 2.59 bits per heavy atom. The van der Waals surface area contributed by atoms with Crippen LogP contribution in [0.15, 0.2) is 53.0 Å². The number of rotatable bonds is 4. The van der Waals surface area contributed by atoms with Gasteiger partial charge < -0.3 is 5.32 Å². The molecule has 0 fully saturated rings. The van der Waals surface area contributed by atoms with Gasteiger partial charge in [-0.1, -0.05) is 40.2 Å². The number of nitrogens with one attached hydrogen (secondary N) is 1. The molecule has 0 unspecified atom stereocenters. The maximum atomic E-state index is 14.4. The molecule has 5 rings (SSSR count). The number of halogens is 2. The molecule has 2 aromatic carbocycles. The SMILES string of the molecule is Cc1nn(C)c(NC(=O)c2nn(-c3ccccc3F)c3c2CCC3)c1-c1ccc(Br)cc1. The zero-order valence-electron chi connectivity index (χ0n) is 17.7. The molecule has 2 heterocycles. The number of aryl methyl sites for hydroxylation is 2. The third kappa shape index (κ3) is 3.44. The van der Waals surface area contributed by atoms with Gasteiger partial charge in [0, 0.05) is 28.3 Å². The first kappa shape index (κ1) is 20.6. The van der Waals surface area contributed by atoms with Crippen molar-refractivity contribution < 1.29 is 9.18 Å². The maximum Gasteiger partial charge on any atom is 0.277 e. The molecule has 1 aliphatic carbocycles. The fraction of sp³-hybridized carbons (Fsp3) is 0.208. The molecule has 4 aromatic rings. The second-order valence-corrected chi connectivity index (χ2v) is 8.80. The molecule has 0 saturated heterocycles. The molecule has 1 amide bonds. The van der Waals surface area contributed by atoms with E-state index in [1.807, 2.05) is 31.2 Å². The smallest absolute Gasteiger partial charge is 0.277 e. The van der Waals surface area contributed by atoms with Crippen LogP contribution < -0.4 is 5.32 Å². The van der Waals surface area contributed by atoms with Crippen molar-refractivity contribution in [2.24, 2.45) is 7.05 Å². The van der Waals surface area contributed by atoms with Crippen molar-refractivity contribution in [2.45, 2.75) is 26.2 Å². The van der Waals surface area contributed by atoms with E-state index in [-0.39, 0.29) is 11.7 Å². The minimum Gasteiger partial charge on any atom is -0.305 e.